The summed E-state index contributed by atoms with van der Waals surface area (Å²) in [5.74, 6) is -0.727. The van der Waals surface area contributed by atoms with Gasteiger partial charge in [0.1, 0.15) is 5.54 Å². The molecule has 0 amide bonds. The Morgan fingerprint density at radius 1 is 1.53 bits per heavy atom. The van der Waals surface area contributed by atoms with Crippen molar-refractivity contribution in [3.8, 4) is 0 Å². The van der Waals surface area contributed by atoms with Crippen molar-refractivity contribution < 1.29 is 14.6 Å². The molecule has 0 aromatic rings. The van der Waals surface area contributed by atoms with Crippen molar-refractivity contribution in [2.45, 2.75) is 51.3 Å². The van der Waals surface area contributed by atoms with E-state index in [0.717, 1.165) is 19.4 Å². The number of carboxylic acids is 1. The molecule has 3 unspecified atom stereocenters. The van der Waals surface area contributed by atoms with Crippen LogP contribution in [0.2, 0.25) is 0 Å². The van der Waals surface area contributed by atoms with Gasteiger partial charge < -0.3 is 9.84 Å². The van der Waals surface area contributed by atoms with E-state index in [4.69, 9.17) is 4.74 Å². The van der Waals surface area contributed by atoms with E-state index in [1.54, 1.807) is 14.0 Å². The van der Waals surface area contributed by atoms with E-state index in [2.05, 4.69) is 0 Å². The minimum atomic E-state index is -0.727. The normalized spacial score (nSPS) is 31.5. The maximum Gasteiger partial charge on any atom is 0.323 e. The molecule has 1 N–H and O–H groups in total. The second-order valence-electron chi connectivity index (χ2n) is 4.56. The Balaban J connectivity index is 2.80. The van der Waals surface area contributed by atoms with Gasteiger partial charge in [-0.2, -0.15) is 0 Å². The molecule has 88 valence electrons. The van der Waals surface area contributed by atoms with Gasteiger partial charge in [-0.1, -0.05) is 0 Å². The van der Waals surface area contributed by atoms with Crippen LogP contribution in [0.3, 0.4) is 0 Å². The highest BCUT2D eigenvalue weighted by Gasteiger charge is 2.46. The van der Waals surface area contributed by atoms with E-state index in [-0.39, 0.29) is 12.1 Å². The van der Waals surface area contributed by atoms with Crippen LogP contribution in [0.1, 0.15) is 33.6 Å². The van der Waals surface area contributed by atoms with Gasteiger partial charge in [0.2, 0.25) is 0 Å². The molecule has 4 heteroatoms. The highest BCUT2D eigenvalue weighted by molar-refractivity contribution is 5.78. The standard InChI is InChI=1S/C11H21NO3/c1-8(9(2)15-4)12-7-5-6-11(12,3)10(13)14/h8-9H,5-7H2,1-4H3,(H,13,14). The Bertz CT molecular complexity index is 244. The van der Waals surface area contributed by atoms with Crippen molar-refractivity contribution in [1.82, 2.24) is 4.90 Å². The molecule has 0 aliphatic carbocycles. The largest absolute Gasteiger partial charge is 0.480 e. The van der Waals surface area contributed by atoms with E-state index in [1.165, 1.54) is 0 Å². The Hall–Kier alpha value is -0.610. The van der Waals surface area contributed by atoms with E-state index in [1.807, 2.05) is 18.7 Å². The summed E-state index contributed by atoms with van der Waals surface area (Å²) in [7, 11) is 1.66. The van der Waals surface area contributed by atoms with E-state index < -0.39 is 11.5 Å². The predicted molar refractivity (Wildman–Crippen MR) is 57.9 cm³/mol. The molecule has 3 atom stereocenters. The van der Waals surface area contributed by atoms with Crippen molar-refractivity contribution in [3.63, 3.8) is 0 Å². The number of nitrogens with zero attached hydrogens (tertiary/aromatic N) is 1. The molecule has 1 rings (SSSR count). The van der Waals surface area contributed by atoms with Gasteiger partial charge >= 0.3 is 5.97 Å². The third-order valence-corrected chi connectivity index (χ3v) is 3.70. The minimum absolute atomic E-state index is 0.0572. The van der Waals surface area contributed by atoms with Crippen LogP contribution in [0.5, 0.6) is 0 Å². The summed E-state index contributed by atoms with van der Waals surface area (Å²) < 4.78 is 5.26. The molecule has 1 heterocycles. The van der Waals surface area contributed by atoms with Gasteiger partial charge in [-0.3, -0.25) is 9.69 Å². The second kappa shape index (κ2) is 4.49. The first-order valence-corrected chi connectivity index (χ1v) is 5.46. The zero-order valence-corrected chi connectivity index (χ0v) is 9.99. The van der Waals surface area contributed by atoms with Crippen molar-refractivity contribution in [3.05, 3.63) is 0 Å². The number of ether oxygens (including phenoxy) is 1. The molecule has 4 nitrogen and oxygen atoms in total. The number of aliphatic carboxylic acids is 1. The van der Waals surface area contributed by atoms with Gasteiger partial charge in [-0.15, -0.1) is 0 Å². The van der Waals surface area contributed by atoms with Crippen molar-refractivity contribution >= 4 is 5.97 Å². The van der Waals surface area contributed by atoms with Gasteiger partial charge in [0.15, 0.2) is 0 Å². The summed E-state index contributed by atoms with van der Waals surface area (Å²) in [6.45, 7) is 6.66. The van der Waals surface area contributed by atoms with Crippen LogP contribution in [-0.4, -0.2) is 47.3 Å². The fraction of sp³-hybridized carbons (Fsp3) is 0.909. The van der Waals surface area contributed by atoms with Crippen molar-refractivity contribution in [2.24, 2.45) is 0 Å². The van der Waals surface area contributed by atoms with Crippen LogP contribution in [0, 0.1) is 0 Å². The molecule has 0 spiro atoms. The molecular weight excluding hydrogens is 194 g/mol. The monoisotopic (exact) mass is 215 g/mol. The van der Waals surface area contributed by atoms with Gasteiger partial charge in [0.25, 0.3) is 0 Å². The molecule has 0 bridgehead atoms. The zero-order chi connectivity index (χ0) is 11.6. The number of carboxylic acid groups (broad SMARTS) is 1. The summed E-state index contributed by atoms with van der Waals surface area (Å²) in [5.41, 5.74) is -0.716. The smallest absolute Gasteiger partial charge is 0.323 e. The van der Waals surface area contributed by atoms with E-state index in [0.29, 0.717) is 0 Å². The van der Waals surface area contributed by atoms with Gasteiger partial charge in [0.05, 0.1) is 6.10 Å². The summed E-state index contributed by atoms with van der Waals surface area (Å²) in [6.07, 6.45) is 1.73. The Labute approximate surface area is 91.2 Å². The quantitative estimate of drug-likeness (QED) is 0.769. The Morgan fingerprint density at radius 3 is 2.60 bits per heavy atom. The summed E-state index contributed by atoms with van der Waals surface area (Å²) in [6, 6.07) is 0.138. The van der Waals surface area contributed by atoms with Crippen LogP contribution in [-0.2, 0) is 9.53 Å². The average Bonchev–Trinajstić information content (AvgIpc) is 2.59. The number of hydrogen-bond acceptors (Lipinski definition) is 3. The van der Waals surface area contributed by atoms with Gasteiger partial charge in [-0.25, -0.2) is 0 Å². The Morgan fingerprint density at radius 2 is 2.13 bits per heavy atom. The molecule has 1 aliphatic heterocycles. The maximum atomic E-state index is 11.3. The van der Waals surface area contributed by atoms with Crippen LogP contribution < -0.4 is 0 Å². The van der Waals surface area contributed by atoms with Crippen LogP contribution in [0.15, 0.2) is 0 Å². The number of rotatable bonds is 4. The number of likely N-dealkylation sites (tertiary alicyclic amines) is 1. The molecule has 0 saturated carbocycles. The molecule has 0 aromatic heterocycles. The first-order valence-electron chi connectivity index (χ1n) is 5.46. The molecule has 1 aliphatic rings. The fourth-order valence-corrected chi connectivity index (χ4v) is 2.32. The number of hydrogen-bond donors (Lipinski definition) is 1. The summed E-state index contributed by atoms with van der Waals surface area (Å²) in [5, 5.41) is 9.26. The average molecular weight is 215 g/mol. The highest BCUT2D eigenvalue weighted by Crippen LogP contribution is 2.32. The minimum Gasteiger partial charge on any atom is -0.480 e. The lowest BCUT2D eigenvalue weighted by molar-refractivity contribution is -0.151. The lowest BCUT2D eigenvalue weighted by Gasteiger charge is -2.38. The lowest BCUT2D eigenvalue weighted by Crippen LogP contribution is -2.54. The summed E-state index contributed by atoms with van der Waals surface area (Å²) >= 11 is 0. The topological polar surface area (TPSA) is 49.8 Å². The first-order chi connectivity index (χ1) is 6.93. The number of carbonyl (C=O) groups is 1. The SMILES string of the molecule is COC(C)C(C)N1CCCC1(C)C(=O)O. The fourth-order valence-electron chi connectivity index (χ4n) is 2.32. The molecule has 15 heavy (non-hydrogen) atoms. The summed E-state index contributed by atoms with van der Waals surface area (Å²) in [4.78, 5) is 13.3. The third kappa shape index (κ3) is 2.16. The van der Waals surface area contributed by atoms with Crippen molar-refractivity contribution in [1.29, 1.82) is 0 Å². The van der Waals surface area contributed by atoms with Crippen LogP contribution in [0.25, 0.3) is 0 Å². The highest BCUT2D eigenvalue weighted by atomic mass is 16.5. The molecule has 1 saturated heterocycles. The second-order valence-corrected chi connectivity index (χ2v) is 4.56. The van der Waals surface area contributed by atoms with Crippen LogP contribution in [0.4, 0.5) is 0 Å². The lowest BCUT2D eigenvalue weighted by atomic mass is 9.97. The van der Waals surface area contributed by atoms with E-state index >= 15 is 0 Å². The molecule has 0 radical (unpaired) electrons. The van der Waals surface area contributed by atoms with Gasteiger partial charge in [-0.05, 0) is 40.2 Å². The predicted octanol–water partition coefficient (Wildman–Crippen LogP) is 1.35. The van der Waals surface area contributed by atoms with Gasteiger partial charge in [0, 0.05) is 13.2 Å². The number of methoxy groups -OCH3 is 1. The Kier molecular flexibility index (Phi) is 3.73. The maximum absolute atomic E-state index is 11.3. The third-order valence-electron chi connectivity index (χ3n) is 3.70. The van der Waals surface area contributed by atoms with E-state index in [9.17, 15) is 9.90 Å². The zero-order valence-electron chi connectivity index (χ0n) is 9.99. The first kappa shape index (κ1) is 12.5. The van der Waals surface area contributed by atoms with Crippen molar-refractivity contribution in [2.75, 3.05) is 13.7 Å². The van der Waals surface area contributed by atoms with Crippen LogP contribution >= 0.6 is 0 Å². The molecule has 1 fully saturated rings. The molecular formula is C11H21NO3. The molecule has 0 aromatic carbocycles.